The topological polar surface area (TPSA) is 30.0 Å². The van der Waals surface area contributed by atoms with Gasteiger partial charge in [0.05, 0.1) is 11.2 Å². The maximum absolute atomic E-state index is 15.0. The van der Waals surface area contributed by atoms with E-state index in [4.69, 9.17) is 4.98 Å². The largest absolute Gasteiger partial charge is 0.309 e. The fraction of sp³-hybridized carbons (Fsp3) is 0. The summed E-state index contributed by atoms with van der Waals surface area (Å²) in [5.74, 6) is 0. The van der Waals surface area contributed by atoms with Gasteiger partial charge in [0.25, 0.3) is 0 Å². The normalized spacial score (nSPS) is 11.8. The predicted octanol–water partition coefficient (Wildman–Crippen LogP) is 7.85. The third-order valence-corrected chi connectivity index (χ3v) is 10.4. The van der Waals surface area contributed by atoms with Crippen molar-refractivity contribution < 1.29 is 4.57 Å². The van der Waals surface area contributed by atoms with Crippen LogP contribution in [0.15, 0.2) is 146 Å². The summed E-state index contributed by atoms with van der Waals surface area (Å²) in [4.78, 5) is 5.16. The number of hydrogen-bond donors (Lipinski definition) is 0. The second kappa shape index (κ2) is 9.10. The van der Waals surface area contributed by atoms with Crippen molar-refractivity contribution in [1.82, 2.24) is 4.98 Å². The smallest absolute Gasteiger partial charge is 0.171 e. The molecule has 3 heteroatoms. The van der Waals surface area contributed by atoms with Crippen LogP contribution in [-0.4, -0.2) is 4.98 Å². The van der Waals surface area contributed by atoms with E-state index in [1.165, 1.54) is 16.2 Å². The van der Waals surface area contributed by atoms with Gasteiger partial charge in [0, 0.05) is 37.6 Å². The maximum atomic E-state index is 15.0. The second-order valence-electron chi connectivity index (χ2n) is 9.52. The van der Waals surface area contributed by atoms with Crippen molar-refractivity contribution in [3.8, 4) is 11.3 Å². The number of nitrogens with zero attached hydrogens (tertiary/aromatic N) is 1. The molecule has 0 aliphatic heterocycles. The van der Waals surface area contributed by atoms with Gasteiger partial charge in [0.1, 0.15) is 0 Å². The average Bonchev–Trinajstić information content (AvgIpc) is 3.01. The van der Waals surface area contributed by atoms with Gasteiger partial charge in [0.2, 0.25) is 0 Å². The molecule has 0 fully saturated rings. The molecule has 0 bridgehead atoms. The van der Waals surface area contributed by atoms with Gasteiger partial charge in [-0.05, 0) is 22.9 Å². The Morgan fingerprint density at radius 3 is 1.82 bits per heavy atom. The van der Waals surface area contributed by atoms with Gasteiger partial charge < -0.3 is 4.57 Å². The lowest BCUT2D eigenvalue weighted by atomic mass is 9.95. The minimum atomic E-state index is -3.10. The molecule has 0 aliphatic rings. The molecular weight excluding hydrogens is 481 g/mol. The highest BCUT2D eigenvalue weighted by molar-refractivity contribution is 7.85. The van der Waals surface area contributed by atoms with Gasteiger partial charge in [-0.25, -0.2) is 4.98 Å². The van der Waals surface area contributed by atoms with Crippen LogP contribution >= 0.6 is 7.14 Å². The molecule has 2 nitrogen and oxygen atoms in total. The van der Waals surface area contributed by atoms with Crippen molar-refractivity contribution in [2.75, 3.05) is 0 Å². The molecule has 0 amide bonds. The molecule has 7 aromatic rings. The molecule has 0 saturated carbocycles. The highest BCUT2D eigenvalue weighted by atomic mass is 31.2. The Morgan fingerprint density at radius 1 is 0.474 bits per heavy atom. The van der Waals surface area contributed by atoms with Crippen molar-refractivity contribution in [1.29, 1.82) is 0 Å². The second-order valence-corrected chi connectivity index (χ2v) is 12.3. The molecule has 6 aromatic carbocycles. The van der Waals surface area contributed by atoms with Gasteiger partial charge in [-0.2, -0.15) is 0 Å². The van der Waals surface area contributed by atoms with Gasteiger partial charge >= 0.3 is 0 Å². The van der Waals surface area contributed by atoms with Crippen LogP contribution in [0.4, 0.5) is 0 Å². The van der Waals surface area contributed by atoms with Crippen molar-refractivity contribution in [2.24, 2.45) is 0 Å². The number of para-hydroxylation sites is 1. The zero-order valence-electron chi connectivity index (χ0n) is 20.7. The molecule has 0 saturated heterocycles. The summed E-state index contributed by atoms with van der Waals surface area (Å²) in [5, 5.41) is 8.29. The van der Waals surface area contributed by atoms with Gasteiger partial charge in [0.15, 0.2) is 7.14 Å². The van der Waals surface area contributed by atoms with E-state index in [1.54, 1.807) is 0 Å². The molecule has 1 heterocycles. The van der Waals surface area contributed by atoms with Crippen LogP contribution in [0.5, 0.6) is 0 Å². The zero-order valence-corrected chi connectivity index (χ0v) is 21.6. The Hall–Kier alpha value is -4.52. The average molecular weight is 506 g/mol. The lowest BCUT2D eigenvalue weighted by Crippen LogP contribution is -2.25. The summed E-state index contributed by atoms with van der Waals surface area (Å²) in [6, 6.07) is 48.9. The van der Waals surface area contributed by atoms with E-state index >= 15 is 4.57 Å². The molecule has 0 atom stereocenters. The number of fused-ring (bicyclic) bond motifs is 5. The fourth-order valence-corrected chi connectivity index (χ4v) is 8.21. The lowest BCUT2D eigenvalue weighted by Gasteiger charge is -2.21. The van der Waals surface area contributed by atoms with E-state index in [2.05, 4.69) is 66.7 Å². The van der Waals surface area contributed by atoms with Crippen molar-refractivity contribution in [3.63, 3.8) is 0 Å². The summed E-state index contributed by atoms with van der Waals surface area (Å²) in [6.07, 6.45) is 0. The quantitative estimate of drug-likeness (QED) is 0.180. The van der Waals surface area contributed by atoms with Crippen LogP contribution in [0.3, 0.4) is 0 Å². The van der Waals surface area contributed by atoms with Crippen molar-refractivity contribution in [2.45, 2.75) is 0 Å². The van der Waals surface area contributed by atoms with Gasteiger partial charge in [-0.1, -0.05) is 133 Å². The monoisotopic (exact) mass is 505 g/mol. The Kier molecular flexibility index (Phi) is 5.43. The van der Waals surface area contributed by atoms with Crippen LogP contribution < -0.4 is 15.9 Å². The first-order valence-electron chi connectivity index (χ1n) is 12.8. The maximum Gasteiger partial charge on any atom is 0.171 e. The first kappa shape index (κ1) is 22.7. The van der Waals surface area contributed by atoms with Crippen LogP contribution in [0.1, 0.15) is 0 Å². The van der Waals surface area contributed by atoms with Gasteiger partial charge in [-0.15, -0.1) is 0 Å². The Morgan fingerprint density at radius 2 is 1.08 bits per heavy atom. The highest BCUT2D eigenvalue weighted by Crippen LogP contribution is 2.44. The summed E-state index contributed by atoms with van der Waals surface area (Å²) in [5.41, 5.74) is 2.81. The standard InChI is InChI=1S/C35H24NOP/c37-38(27-14-3-1-4-15-27,28-16-5-2-6-17-28)29-18-11-13-26(24-29)35-32-23-22-25-12-7-8-19-30(25)34(32)31-20-9-10-21-33(31)36-35/h1-24H. The van der Waals surface area contributed by atoms with Crippen LogP contribution in [0, 0.1) is 0 Å². The Balaban J connectivity index is 1.53. The number of aromatic nitrogens is 1. The van der Waals surface area contributed by atoms with E-state index in [9.17, 15) is 0 Å². The third kappa shape index (κ3) is 3.57. The third-order valence-electron chi connectivity index (χ3n) is 7.31. The summed E-state index contributed by atoms with van der Waals surface area (Å²) in [6.45, 7) is 0. The minimum absolute atomic E-state index is 0.802. The summed E-state index contributed by atoms with van der Waals surface area (Å²) in [7, 11) is -3.10. The Bertz CT molecular complexity index is 1940. The molecule has 180 valence electrons. The first-order chi connectivity index (χ1) is 18.7. The minimum Gasteiger partial charge on any atom is -0.309 e. The molecule has 0 aliphatic carbocycles. The molecule has 0 radical (unpaired) electrons. The van der Waals surface area contributed by atoms with Gasteiger partial charge in [-0.3, -0.25) is 0 Å². The van der Waals surface area contributed by atoms with Crippen LogP contribution in [0.25, 0.3) is 43.7 Å². The predicted molar refractivity (Wildman–Crippen MR) is 162 cm³/mol. The number of rotatable bonds is 4. The van der Waals surface area contributed by atoms with E-state index in [0.717, 1.165) is 43.5 Å². The Labute approximate surface area is 221 Å². The number of hydrogen-bond acceptors (Lipinski definition) is 2. The van der Waals surface area contributed by atoms with Crippen molar-refractivity contribution >= 4 is 55.5 Å². The molecule has 1 aromatic heterocycles. The molecule has 0 spiro atoms. The summed E-state index contributed by atoms with van der Waals surface area (Å²) >= 11 is 0. The highest BCUT2D eigenvalue weighted by Gasteiger charge is 2.30. The summed E-state index contributed by atoms with van der Waals surface area (Å²) < 4.78 is 15.0. The first-order valence-corrected chi connectivity index (χ1v) is 14.5. The number of pyridine rings is 1. The van der Waals surface area contributed by atoms with E-state index in [0.29, 0.717) is 0 Å². The molecule has 0 unspecified atom stereocenters. The van der Waals surface area contributed by atoms with Crippen molar-refractivity contribution in [3.05, 3.63) is 146 Å². The fourth-order valence-electron chi connectivity index (χ4n) is 5.51. The van der Waals surface area contributed by atoms with Crippen LogP contribution in [-0.2, 0) is 4.57 Å². The number of benzene rings is 6. The molecular formula is C35H24NOP. The molecule has 0 N–H and O–H groups in total. The van der Waals surface area contributed by atoms with Crippen LogP contribution in [0.2, 0.25) is 0 Å². The lowest BCUT2D eigenvalue weighted by molar-refractivity contribution is 0.592. The molecule has 7 rings (SSSR count). The molecule has 38 heavy (non-hydrogen) atoms. The zero-order chi connectivity index (χ0) is 25.5. The van der Waals surface area contributed by atoms with E-state index < -0.39 is 7.14 Å². The van der Waals surface area contributed by atoms with E-state index in [-0.39, 0.29) is 0 Å². The van der Waals surface area contributed by atoms with E-state index in [1.807, 2.05) is 78.9 Å². The SMILES string of the molecule is O=P(c1ccccc1)(c1ccccc1)c1cccc(-c2nc3ccccc3c3c2ccc2ccccc23)c1.